The molecule has 104 valence electrons. The molecule has 1 aliphatic carbocycles. The van der Waals surface area contributed by atoms with E-state index in [-0.39, 0.29) is 5.84 Å². The van der Waals surface area contributed by atoms with Crippen molar-refractivity contribution in [3.63, 3.8) is 0 Å². The molecule has 0 heterocycles. The zero-order chi connectivity index (χ0) is 13.7. The van der Waals surface area contributed by atoms with Gasteiger partial charge in [-0.2, -0.15) is 0 Å². The van der Waals surface area contributed by atoms with Gasteiger partial charge in [0, 0.05) is 4.47 Å². The Morgan fingerprint density at radius 2 is 2.11 bits per heavy atom. The van der Waals surface area contributed by atoms with Gasteiger partial charge in [0.15, 0.2) is 5.84 Å². The Morgan fingerprint density at radius 3 is 2.79 bits per heavy atom. The molecule has 1 saturated carbocycles. The summed E-state index contributed by atoms with van der Waals surface area (Å²) in [7, 11) is 0. The van der Waals surface area contributed by atoms with E-state index in [1.807, 2.05) is 12.1 Å². The molecule has 0 atom stereocenters. The third-order valence-corrected chi connectivity index (χ3v) is 4.02. The van der Waals surface area contributed by atoms with E-state index in [9.17, 15) is 0 Å². The molecule has 0 amide bonds. The van der Waals surface area contributed by atoms with Crippen LogP contribution in [0.5, 0.6) is 5.75 Å². The molecule has 0 spiro atoms. The maximum Gasteiger partial charge on any atom is 0.173 e. The smallest absolute Gasteiger partial charge is 0.173 e. The van der Waals surface area contributed by atoms with E-state index in [0.717, 1.165) is 4.47 Å². The highest BCUT2D eigenvalue weighted by molar-refractivity contribution is 9.10. The summed E-state index contributed by atoms with van der Waals surface area (Å²) in [6, 6.07) is 5.54. The van der Waals surface area contributed by atoms with Crippen LogP contribution < -0.4 is 10.5 Å². The van der Waals surface area contributed by atoms with Crippen LogP contribution in [0, 0.1) is 5.92 Å². The first-order valence-electron chi connectivity index (χ1n) is 6.61. The number of ether oxygens (including phenoxy) is 1. The molecule has 1 aliphatic rings. The summed E-state index contributed by atoms with van der Waals surface area (Å²) in [5, 5.41) is 11.9. The Bertz CT molecular complexity index is 457. The minimum absolute atomic E-state index is 0.0694. The third kappa shape index (κ3) is 3.86. The highest BCUT2D eigenvalue weighted by Gasteiger charge is 2.16. The van der Waals surface area contributed by atoms with Crippen molar-refractivity contribution in [1.82, 2.24) is 0 Å². The van der Waals surface area contributed by atoms with Gasteiger partial charge in [-0.15, -0.1) is 0 Å². The predicted octanol–water partition coefficient (Wildman–Crippen LogP) is 3.50. The second kappa shape index (κ2) is 6.80. The van der Waals surface area contributed by atoms with Crippen LogP contribution in [0.2, 0.25) is 0 Å². The monoisotopic (exact) mass is 326 g/mol. The zero-order valence-corrected chi connectivity index (χ0v) is 12.4. The lowest BCUT2D eigenvalue weighted by molar-refractivity contribution is 0.208. The summed E-state index contributed by atoms with van der Waals surface area (Å²) in [6.45, 7) is 0.702. The molecule has 0 radical (unpaired) electrons. The van der Waals surface area contributed by atoms with Gasteiger partial charge in [0.25, 0.3) is 0 Å². The zero-order valence-electron chi connectivity index (χ0n) is 10.8. The molecule has 19 heavy (non-hydrogen) atoms. The number of amidine groups is 1. The average molecular weight is 327 g/mol. The number of nitrogens with two attached hydrogens (primary N) is 1. The maximum atomic E-state index is 8.81. The minimum Gasteiger partial charge on any atom is -0.493 e. The topological polar surface area (TPSA) is 67.8 Å². The molecular weight excluding hydrogens is 308 g/mol. The Balaban J connectivity index is 2.06. The van der Waals surface area contributed by atoms with Crippen LogP contribution in [-0.2, 0) is 0 Å². The molecule has 5 heteroatoms. The van der Waals surface area contributed by atoms with E-state index in [0.29, 0.717) is 23.8 Å². The number of hydrogen-bond acceptors (Lipinski definition) is 3. The highest BCUT2D eigenvalue weighted by atomic mass is 79.9. The van der Waals surface area contributed by atoms with Crippen molar-refractivity contribution in [3.8, 4) is 5.75 Å². The molecule has 0 aliphatic heterocycles. The van der Waals surface area contributed by atoms with Gasteiger partial charge in [0.1, 0.15) is 5.75 Å². The van der Waals surface area contributed by atoms with Crippen molar-refractivity contribution in [2.24, 2.45) is 16.8 Å². The molecule has 0 unspecified atom stereocenters. The van der Waals surface area contributed by atoms with E-state index in [1.54, 1.807) is 6.07 Å². The molecule has 2 rings (SSSR count). The quantitative estimate of drug-likeness (QED) is 0.385. The largest absolute Gasteiger partial charge is 0.493 e. The van der Waals surface area contributed by atoms with Gasteiger partial charge >= 0.3 is 0 Å². The van der Waals surface area contributed by atoms with E-state index in [4.69, 9.17) is 15.7 Å². The minimum atomic E-state index is 0.0694. The first kappa shape index (κ1) is 14.2. The fourth-order valence-electron chi connectivity index (χ4n) is 2.44. The van der Waals surface area contributed by atoms with E-state index < -0.39 is 0 Å². The number of oxime groups is 1. The van der Waals surface area contributed by atoms with Crippen molar-refractivity contribution in [3.05, 3.63) is 28.2 Å². The van der Waals surface area contributed by atoms with E-state index in [2.05, 4.69) is 21.1 Å². The van der Waals surface area contributed by atoms with Crippen LogP contribution in [0.15, 0.2) is 27.8 Å². The summed E-state index contributed by atoms with van der Waals surface area (Å²) in [6.07, 6.45) is 6.39. The molecule has 4 nitrogen and oxygen atoms in total. The Morgan fingerprint density at radius 1 is 1.37 bits per heavy atom. The summed E-state index contributed by atoms with van der Waals surface area (Å²) < 4.78 is 6.74. The van der Waals surface area contributed by atoms with Gasteiger partial charge in [-0.3, -0.25) is 0 Å². The number of hydrogen-bond donors (Lipinski definition) is 2. The fraction of sp³-hybridized carbons (Fsp3) is 0.500. The molecule has 0 aromatic heterocycles. The Labute approximate surface area is 121 Å². The SMILES string of the molecule is N/C(=N/O)c1cc(Br)ccc1OCC1CCCCC1. The standard InChI is InChI=1S/C14H19BrN2O2/c15-11-6-7-13(12(8-11)14(16)17-18)19-9-10-4-2-1-3-5-10/h6-8,10,18H,1-5,9H2,(H2,16,17). The van der Waals surface area contributed by atoms with Crippen LogP contribution in [0.1, 0.15) is 37.7 Å². The first-order valence-corrected chi connectivity index (χ1v) is 7.40. The number of halogens is 1. The van der Waals surface area contributed by atoms with Gasteiger partial charge in [0.05, 0.1) is 12.2 Å². The molecule has 1 fully saturated rings. The molecule has 0 bridgehead atoms. The normalized spacial score (nSPS) is 17.4. The molecule has 3 N–H and O–H groups in total. The third-order valence-electron chi connectivity index (χ3n) is 3.52. The number of nitrogens with zero attached hydrogens (tertiary/aromatic N) is 1. The van der Waals surface area contributed by atoms with E-state index in [1.165, 1.54) is 32.1 Å². The summed E-state index contributed by atoms with van der Waals surface area (Å²) in [5.41, 5.74) is 6.29. The lowest BCUT2D eigenvalue weighted by Crippen LogP contribution is -2.18. The van der Waals surface area contributed by atoms with Crippen LogP contribution in [0.25, 0.3) is 0 Å². The number of rotatable bonds is 4. The Hall–Kier alpha value is -1.23. The summed E-state index contributed by atoms with van der Waals surface area (Å²) in [5.74, 6) is 1.36. The van der Waals surface area contributed by atoms with Gasteiger partial charge < -0.3 is 15.7 Å². The average Bonchev–Trinajstić information content (AvgIpc) is 2.46. The molecule has 1 aromatic carbocycles. The fourth-order valence-corrected chi connectivity index (χ4v) is 2.80. The van der Waals surface area contributed by atoms with Crippen molar-refractivity contribution >= 4 is 21.8 Å². The van der Waals surface area contributed by atoms with Crippen molar-refractivity contribution < 1.29 is 9.94 Å². The van der Waals surface area contributed by atoms with Crippen molar-refractivity contribution in [2.45, 2.75) is 32.1 Å². The van der Waals surface area contributed by atoms with Crippen LogP contribution in [0.3, 0.4) is 0 Å². The number of benzene rings is 1. The molecule has 0 saturated heterocycles. The second-order valence-electron chi connectivity index (χ2n) is 4.94. The predicted molar refractivity (Wildman–Crippen MR) is 78.7 cm³/mol. The summed E-state index contributed by atoms with van der Waals surface area (Å²) >= 11 is 3.37. The van der Waals surface area contributed by atoms with Gasteiger partial charge in [0.2, 0.25) is 0 Å². The molecule has 1 aromatic rings. The first-order chi connectivity index (χ1) is 9.20. The maximum absolute atomic E-state index is 8.81. The highest BCUT2D eigenvalue weighted by Crippen LogP contribution is 2.27. The van der Waals surface area contributed by atoms with Gasteiger partial charge in [-0.25, -0.2) is 0 Å². The van der Waals surface area contributed by atoms with Crippen molar-refractivity contribution in [1.29, 1.82) is 0 Å². The van der Waals surface area contributed by atoms with E-state index >= 15 is 0 Å². The van der Waals surface area contributed by atoms with Crippen LogP contribution in [-0.4, -0.2) is 17.6 Å². The van der Waals surface area contributed by atoms with Crippen molar-refractivity contribution in [2.75, 3.05) is 6.61 Å². The summed E-state index contributed by atoms with van der Waals surface area (Å²) in [4.78, 5) is 0. The Kier molecular flexibility index (Phi) is 5.07. The van der Waals surface area contributed by atoms with Crippen LogP contribution >= 0.6 is 15.9 Å². The lowest BCUT2D eigenvalue weighted by Gasteiger charge is -2.22. The van der Waals surface area contributed by atoms with Gasteiger partial charge in [-0.05, 0) is 37.0 Å². The second-order valence-corrected chi connectivity index (χ2v) is 5.86. The molecular formula is C14H19BrN2O2. The van der Waals surface area contributed by atoms with Crippen LogP contribution in [0.4, 0.5) is 0 Å². The lowest BCUT2D eigenvalue weighted by atomic mass is 9.90. The van der Waals surface area contributed by atoms with Gasteiger partial charge in [-0.1, -0.05) is 40.3 Å².